The molecular weight excluding hydrogens is 328 g/mol. The summed E-state index contributed by atoms with van der Waals surface area (Å²) in [6.45, 7) is 8.75. The van der Waals surface area contributed by atoms with E-state index in [9.17, 15) is 9.59 Å². The standard InChI is InChI=1S/C21H28N2O3/c1-5-10-26-17-8-6-16(7-9-17)18-19(21(25)22(4)20(18)24)23-12-14(2)11-15(3)13-23/h6-9,14-15H,5,10-13H2,1-4H3. The van der Waals surface area contributed by atoms with Crippen molar-refractivity contribution in [3.63, 3.8) is 0 Å². The first kappa shape index (κ1) is 18.5. The van der Waals surface area contributed by atoms with Gasteiger partial charge in [0.15, 0.2) is 0 Å². The minimum atomic E-state index is -0.224. The summed E-state index contributed by atoms with van der Waals surface area (Å²) in [6, 6.07) is 7.49. The number of hydrogen-bond donors (Lipinski definition) is 0. The molecule has 1 aromatic rings. The van der Waals surface area contributed by atoms with Gasteiger partial charge in [-0.05, 0) is 42.4 Å². The zero-order valence-corrected chi connectivity index (χ0v) is 16.1. The lowest BCUT2D eigenvalue weighted by Crippen LogP contribution is -2.41. The summed E-state index contributed by atoms with van der Waals surface area (Å²) in [5, 5.41) is 0. The van der Waals surface area contributed by atoms with Gasteiger partial charge in [0.2, 0.25) is 0 Å². The molecule has 0 spiro atoms. The van der Waals surface area contributed by atoms with Crippen LogP contribution >= 0.6 is 0 Å². The highest BCUT2D eigenvalue weighted by molar-refractivity contribution is 6.35. The summed E-state index contributed by atoms with van der Waals surface area (Å²) >= 11 is 0. The zero-order chi connectivity index (χ0) is 18.8. The van der Waals surface area contributed by atoms with Crippen LogP contribution in [0.2, 0.25) is 0 Å². The lowest BCUT2D eigenvalue weighted by Gasteiger charge is -2.37. The van der Waals surface area contributed by atoms with Crippen molar-refractivity contribution < 1.29 is 14.3 Å². The van der Waals surface area contributed by atoms with E-state index < -0.39 is 0 Å². The van der Waals surface area contributed by atoms with E-state index in [1.807, 2.05) is 24.3 Å². The van der Waals surface area contributed by atoms with Crippen molar-refractivity contribution in [3.05, 3.63) is 35.5 Å². The van der Waals surface area contributed by atoms with Crippen molar-refractivity contribution in [2.45, 2.75) is 33.6 Å². The molecule has 2 unspecified atom stereocenters. The summed E-state index contributed by atoms with van der Waals surface area (Å²) in [5.74, 6) is 1.37. The Balaban J connectivity index is 1.97. The van der Waals surface area contributed by atoms with Crippen LogP contribution in [0.25, 0.3) is 5.57 Å². The van der Waals surface area contributed by atoms with Crippen molar-refractivity contribution >= 4 is 17.4 Å². The molecule has 140 valence electrons. The fourth-order valence-electron chi connectivity index (χ4n) is 3.96. The van der Waals surface area contributed by atoms with E-state index >= 15 is 0 Å². The van der Waals surface area contributed by atoms with Crippen molar-refractivity contribution in [1.82, 2.24) is 9.80 Å². The van der Waals surface area contributed by atoms with Gasteiger partial charge in [0.25, 0.3) is 11.8 Å². The molecule has 1 aromatic carbocycles. The molecule has 2 atom stereocenters. The number of hydrogen-bond acceptors (Lipinski definition) is 4. The van der Waals surface area contributed by atoms with Crippen LogP contribution in [-0.2, 0) is 9.59 Å². The van der Waals surface area contributed by atoms with Gasteiger partial charge >= 0.3 is 0 Å². The molecule has 0 N–H and O–H groups in total. The number of piperidine rings is 1. The molecule has 0 saturated carbocycles. The molecule has 0 aliphatic carbocycles. The minimum Gasteiger partial charge on any atom is -0.494 e. The SMILES string of the molecule is CCCOc1ccc(C2=C(N3CC(C)CC(C)C3)C(=O)N(C)C2=O)cc1. The number of amides is 2. The smallest absolute Gasteiger partial charge is 0.277 e. The van der Waals surface area contributed by atoms with Gasteiger partial charge in [-0.25, -0.2) is 0 Å². The first-order chi connectivity index (χ1) is 12.4. The first-order valence-corrected chi connectivity index (χ1v) is 9.47. The number of carbonyl (C=O) groups excluding carboxylic acids is 2. The molecule has 2 aliphatic rings. The Kier molecular flexibility index (Phi) is 5.35. The number of rotatable bonds is 5. The van der Waals surface area contributed by atoms with E-state index in [1.54, 1.807) is 7.05 Å². The summed E-state index contributed by atoms with van der Waals surface area (Å²) in [5.41, 5.74) is 1.84. The molecular formula is C21H28N2O3. The maximum absolute atomic E-state index is 12.8. The number of imide groups is 1. The second-order valence-electron chi connectivity index (χ2n) is 7.62. The maximum Gasteiger partial charge on any atom is 0.277 e. The van der Waals surface area contributed by atoms with Gasteiger partial charge in [0.05, 0.1) is 12.2 Å². The van der Waals surface area contributed by atoms with Gasteiger partial charge in [0.1, 0.15) is 11.4 Å². The van der Waals surface area contributed by atoms with E-state index in [0.717, 1.165) is 37.2 Å². The molecule has 0 bridgehead atoms. The highest BCUT2D eigenvalue weighted by Crippen LogP contribution is 2.34. The number of likely N-dealkylation sites (N-methyl/N-ethyl adjacent to an activating group) is 1. The average Bonchev–Trinajstić information content (AvgIpc) is 2.84. The monoisotopic (exact) mass is 356 g/mol. The third kappa shape index (κ3) is 3.48. The predicted octanol–water partition coefficient (Wildman–Crippen LogP) is 3.16. The second-order valence-corrected chi connectivity index (χ2v) is 7.62. The molecule has 0 radical (unpaired) electrons. The molecule has 3 rings (SSSR count). The molecule has 0 aromatic heterocycles. The van der Waals surface area contributed by atoms with Crippen molar-refractivity contribution in [2.75, 3.05) is 26.7 Å². The Bertz CT molecular complexity index is 713. The zero-order valence-electron chi connectivity index (χ0n) is 16.1. The van der Waals surface area contributed by atoms with Crippen LogP contribution in [0.5, 0.6) is 5.75 Å². The lowest BCUT2D eigenvalue weighted by molar-refractivity contribution is -0.136. The number of carbonyl (C=O) groups is 2. The number of benzene rings is 1. The molecule has 2 heterocycles. The van der Waals surface area contributed by atoms with Crippen LogP contribution in [-0.4, -0.2) is 48.4 Å². The normalized spacial score (nSPS) is 23.8. The highest BCUT2D eigenvalue weighted by Gasteiger charge is 2.40. The summed E-state index contributed by atoms with van der Waals surface area (Å²) in [6.07, 6.45) is 2.10. The van der Waals surface area contributed by atoms with Gasteiger partial charge in [0, 0.05) is 20.1 Å². The molecule has 1 saturated heterocycles. The third-order valence-corrected chi connectivity index (χ3v) is 5.06. The van der Waals surface area contributed by atoms with Gasteiger partial charge in [-0.1, -0.05) is 32.9 Å². The van der Waals surface area contributed by atoms with Gasteiger partial charge < -0.3 is 9.64 Å². The van der Waals surface area contributed by atoms with Crippen LogP contribution in [0.3, 0.4) is 0 Å². The fraction of sp³-hybridized carbons (Fsp3) is 0.524. The summed E-state index contributed by atoms with van der Waals surface area (Å²) in [4.78, 5) is 28.9. The quantitative estimate of drug-likeness (QED) is 0.761. The van der Waals surface area contributed by atoms with Crippen LogP contribution in [0.1, 0.15) is 39.2 Å². The van der Waals surface area contributed by atoms with E-state index in [1.165, 1.54) is 4.90 Å². The number of nitrogens with zero attached hydrogens (tertiary/aromatic N) is 2. The van der Waals surface area contributed by atoms with E-state index in [0.29, 0.717) is 29.7 Å². The highest BCUT2D eigenvalue weighted by atomic mass is 16.5. The Hall–Kier alpha value is -2.30. The van der Waals surface area contributed by atoms with Crippen LogP contribution in [0, 0.1) is 11.8 Å². The number of likely N-dealkylation sites (tertiary alicyclic amines) is 1. The van der Waals surface area contributed by atoms with Crippen molar-refractivity contribution in [2.24, 2.45) is 11.8 Å². The Morgan fingerprint density at radius 1 is 1.04 bits per heavy atom. The first-order valence-electron chi connectivity index (χ1n) is 9.47. The van der Waals surface area contributed by atoms with Crippen molar-refractivity contribution in [1.29, 1.82) is 0 Å². The van der Waals surface area contributed by atoms with E-state index in [-0.39, 0.29) is 11.8 Å². The van der Waals surface area contributed by atoms with E-state index in [4.69, 9.17) is 4.74 Å². The van der Waals surface area contributed by atoms with Crippen LogP contribution < -0.4 is 4.74 Å². The fourth-order valence-corrected chi connectivity index (χ4v) is 3.96. The average molecular weight is 356 g/mol. The molecule has 2 aliphatic heterocycles. The largest absolute Gasteiger partial charge is 0.494 e. The Morgan fingerprint density at radius 2 is 1.65 bits per heavy atom. The maximum atomic E-state index is 12.8. The molecule has 26 heavy (non-hydrogen) atoms. The van der Waals surface area contributed by atoms with Crippen LogP contribution in [0.15, 0.2) is 30.0 Å². The van der Waals surface area contributed by atoms with E-state index in [2.05, 4.69) is 25.7 Å². The van der Waals surface area contributed by atoms with Gasteiger partial charge in [-0.3, -0.25) is 14.5 Å². The molecule has 1 fully saturated rings. The molecule has 5 nitrogen and oxygen atoms in total. The van der Waals surface area contributed by atoms with Crippen LogP contribution in [0.4, 0.5) is 0 Å². The predicted molar refractivity (Wildman–Crippen MR) is 101 cm³/mol. The summed E-state index contributed by atoms with van der Waals surface area (Å²) in [7, 11) is 1.56. The molecule has 5 heteroatoms. The van der Waals surface area contributed by atoms with Crippen molar-refractivity contribution in [3.8, 4) is 5.75 Å². The Labute approximate surface area is 155 Å². The van der Waals surface area contributed by atoms with Gasteiger partial charge in [-0.15, -0.1) is 0 Å². The minimum absolute atomic E-state index is 0.197. The Morgan fingerprint density at radius 3 is 2.23 bits per heavy atom. The third-order valence-electron chi connectivity index (χ3n) is 5.06. The lowest BCUT2D eigenvalue weighted by atomic mass is 9.91. The number of ether oxygens (including phenoxy) is 1. The summed E-state index contributed by atoms with van der Waals surface area (Å²) < 4.78 is 5.62. The topological polar surface area (TPSA) is 49.9 Å². The van der Waals surface area contributed by atoms with Gasteiger partial charge in [-0.2, -0.15) is 0 Å². The second kappa shape index (κ2) is 7.52. The molecule has 2 amide bonds.